The van der Waals surface area contributed by atoms with Gasteiger partial charge in [0.05, 0.1) is 12.1 Å². The van der Waals surface area contributed by atoms with Crippen LogP contribution in [0.4, 0.5) is 4.39 Å². The highest BCUT2D eigenvalue weighted by Gasteiger charge is 2.30. The lowest BCUT2D eigenvalue weighted by atomic mass is 9.81. The van der Waals surface area contributed by atoms with Crippen LogP contribution in [0.25, 0.3) is 0 Å². The minimum Gasteiger partial charge on any atom is -0.481 e. The second kappa shape index (κ2) is 8.62. The zero-order valence-electron chi connectivity index (χ0n) is 14.7. The average molecular weight is 372 g/mol. The molecule has 1 fully saturated rings. The maximum absolute atomic E-state index is 14.2. The van der Waals surface area contributed by atoms with Gasteiger partial charge in [-0.3, -0.25) is 14.6 Å². The van der Waals surface area contributed by atoms with E-state index in [0.717, 1.165) is 6.42 Å². The van der Waals surface area contributed by atoms with Gasteiger partial charge in [-0.05, 0) is 49.1 Å². The molecule has 1 aliphatic rings. The van der Waals surface area contributed by atoms with Crippen molar-refractivity contribution in [3.8, 4) is 11.5 Å². The maximum Gasteiger partial charge on any atom is 0.306 e. The van der Waals surface area contributed by atoms with Crippen molar-refractivity contribution in [1.82, 2.24) is 10.3 Å². The standard InChI is InChI=1S/C20H21FN2O4/c21-17-9-13(6-7-18(17)27-16-5-2-8-22-12-16)11-23-19(24)14-3-1-4-15(10-14)20(25)26/h2,5-9,12,14-15H,1,3-4,10-11H2,(H,23,24)(H,25,26). The summed E-state index contributed by atoms with van der Waals surface area (Å²) in [5, 5.41) is 11.9. The van der Waals surface area contributed by atoms with Crippen LogP contribution >= 0.6 is 0 Å². The SMILES string of the molecule is O=C(O)C1CCCC(C(=O)NCc2ccc(Oc3cccnc3)c(F)c2)C1. The summed E-state index contributed by atoms with van der Waals surface area (Å²) in [6.45, 7) is 0.178. The van der Waals surface area contributed by atoms with Crippen molar-refractivity contribution in [1.29, 1.82) is 0 Å². The van der Waals surface area contributed by atoms with E-state index in [0.29, 0.717) is 30.6 Å². The van der Waals surface area contributed by atoms with Crippen LogP contribution in [-0.4, -0.2) is 22.0 Å². The number of hydrogen-bond donors (Lipinski definition) is 2. The van der Waals surface area contributed by atoms with E-state index in [1.54, 1.807) is 24.4 Å². The number of pyridine rings is 1. The number of benzene rings is 1. The third-order valence-corrected chi connectivity index (χ3v) is 4.72. The Morgan fingerprint density at radius 2 is 2.07 bits per heavy atom. The molecule has 0 bridgehead atoms. The number of carbonyl (C=O) groups excluding carboxylic acids is 1. The molecule has 0 spiro atoms. The summed E-state index contributed by atoms with van der Waals surface area (Å²) in [6.07, 6.45) is 5.46. The summed E-state index contributed by atoms with van der Waals surface area (Å²) >= 11 is 0. The van der Waals surface area contributed by atoms with E-state index in [4.69, 9.17) is 9.84 Å². The van der Waals surface area contributed by atoms with Gasteiger partial charge < -0.3 is 15.2 Å². The molecule has 27 heavy (non-hydrogen) atoms. The van der Waals surface area contributed by atoms with Crippen LogP contribution in [0, 0.1) is 17.7 Å². The van der Waals surface area contributed by atoms with E-state index in [-0.39, 0.29) is 24.1 Å². The van der Waals surface area contributed by atoms with E-state index in [2.05, 4.69) is 10.3 Å². The van der Waals surface area contributed by atoms with Crippen molar-refractivity contribution >= 4 is 11.9 Å². The molecule has 2 unspecified atom stereocenters. The molecule has 0 aliphatic heterocycles. The Balaban J connectivity index is 1.56. The molecule has 1 saturated carbocycles. The van der Waals surface area contributed by atoms with Crippen LogP contribution in [-0.2, 0) is 16.1 Å². The third-order valence-electron chi connectivity index (χ3n) is 4.72. The summed E-state index contributed by atoms with van der Waals surface area (Å²) in [4.78, 5) is 27.3. The second-order valence-corrected chi connectivity index (χ2v) is 6.67. The van der Waals surface area contributed by atoms with Crippen LogP contribution < -0.4 is 10.1 Å². The van der Waals surface area contributed by atoms with Crippen LogP contribution in [0.2, 0.25) is 0 Å². The van der Waals surface area contributed by atoms with Gasteiger partial charge in [0.2, 0.25) is 5.91 Å². The Labute approximate surface area is 156 Å². The second-order valence-electron chi connectivity index (χ2n) is 6.67. The van der Waals surface area contributed by atoms with Gasteiger partial charge in [-0.2, -0.15) is 0 Å². The van der Waals surface area contributed by atoms with E-state index < -0.39 is 17.7 Å². The van der Waals surface area contributed by atoms with Gasteiger partial charge in [0.15, 0.2) is 11.6 Å². The van der Waals surface area contributed by atoms with Gasteiger partial charge >= 0.3 is 5.97 Å². The molecular formula is C20H21FN2O4. The molecule has 142 valence electrons. The number of rotatable bonds is 6. The van der Waals surface area contributed by atoms with Gasteiger partial charge in [0.25, 0.3) is 0 Å². The Morgan fingerprint density at radius 3 is 2.78 bits per heavy atom. The smallest absolute Gasteiger partial charge is 0.306 e. The number of carboxylic acids is 1. The highest BCUT2D eigenvalue weighted by molar-refractivity contribution is 5.80. The van der Waals surface area contributed by atoms with Crippen molar-refractivity contribution in [2.24, 2.45) is 11.8 Å². The largest absolute Gasteiger partial charge is 0.481 e. The van der Waals surface area contributed by atoms with E-state index >= 15 is 0 Å². The van der Waals surface area contributed by atoms with Crippen molar-refractivity contribution in [3.05, 3.63) is 54.1 Å². The molecule has 3 rings (SSSR count). The minimum atomic E-state index is -0.848. The fourth-order valence-corrected chi connectivity index (χ4v) is 3.26. The van der Waals surface area contributed by atoms with Gasteiger partial charge in [-0.15, -0.1) is 0 Å². The molecule has 2 N–H and O–H groups in total. The molecule has 1 aromatic heterocycles. The van der Waals surface area contributed by atoms with Crippen LogP contribution in [0.5, 0.6) is 11.5 Å². The normalized spacial score (nSPS) is 19.3. The summed E-state index contributed by atoms with van der Waals surface area (Å²) in [5.74, 6) is -1.82. The Morgan fingerprint density at radius 1 is 1.26 bits per heavy atom. The monoisotopic (exact) mass is 372 g/mol. The third kappa shape index (κ3) is 5.03. The molecule has 0 saturated heterocycles. The summed E-state index contributed by atoms with van der Waals surface area (Å²) in [7, 11) is 0. The molecule has 0 radical (unpaired) electrons. The van der Waals surface area contributed by atoms with Gasteiger partial charge in [0.1, 0.15) is 5.75 Å². The van der Waals surface area contributed by atoms with E-state index in [1.165, 1.54) is 18.3 Å². The quantitative estimate of drug-likeness (QED) is 0.810. The van der Waals surface area contributed by atoms with E-state index in [9.17, 15) is 14.0 Å². The lowest BCUT2D eigenvalue weighted by molar-refractivity contribution is -0.144. The molecule has 7 heteroatoms. The number of nitrogens with one attached hydrogen (secondary N) is 1. The molecular weight excluding hydrogens is 351 g/mol. The first kappa shape index (κ1) is 18.8. The minimum absolute atomic E-state index is 0.0784. The molecule has 1 heterocycles. The predicted octanol–water partition coefficient (Wildman–Crippen LogP) is 3.52. The van der Waals surface area contributed by atoms with Crippen LogP contribution in [0.3, 0.4) is 0 Å². The van der Waals surface area contributed by atoms with Gasteiger partial charge in [0, 0.05) is 18.7 Å². The van der Waals surface area contributed by atoms with Crippen LogP contribution in [0.1, 0.15) is 31.2 Å². The first-order chi connectivity index (χ1) is 13.0. The fraction of sp³-hybridized carbons (Fsp3) is 0.350. The number of amides is 1. The average Bonchev–Trinajstić information content (AvgIpc) is 2.69. The van der Waals surface area contributed by atoms with Crippen molar-refractivity contribution in [3.63, 3.8) is 0 Å². The molecule has 1 amide bonds. The number of aromatic nitrogens is 1. The maximum atomic E-state index is 14.2. The summed E-state index contributed by atoms with van der Waals surface area (Å²) in [6, 6.07) is 7.86. The fourth-order valence-electron chi connectivity index (χ4n) is 3.26. The highest BCUT2D eigenvalue weighted by Crippen LogP contribution is 2.29. The van der Waals surface area contributed by atoms with Crippen molar-refractivity contribution in [2.45, 2.75) is 32.2 Å². The molecule has 2 aromatic rings. The van der Waals surface area contributed by atoms with Crippen molar-refractivity contribution in [2.75, 3.05) is 0 Å². The summed E-state index contributed by atoms with van der Waals surface area (Å²) in [5.41, 5.74) is 0.602. The molecule has 2 atom stereocenters. The zero-order valence-corrected chi connectivity index (χ0v) is 14.7. The topological polar surface area (TPSA) is 88.5 Å². The predicted molar refractivity (Wildman–Crippen MR) is 95.6 cm³/mol. The number of hydrogen-bond acceptors (Lipinski definition) is 4. The Hall–Kier alpha value is -2.96. The molecule has 1 aliphatic carbocycles. The first-order valence-electron chi connectivity index (χ1n) is 8.89. The lowest BCUT2D eigenvalue weighted by Crippen LogP contribution is -2.35. The Kier molecular flexibility index (Phi) is 6.01. The van der Waals surface area contributed by atoms with E-state index in [1.807, 2.05) is 0 Å². The first-order valence-corrected chi connectivity index (χ1v) is 8.89. The number of ether oxygens (including phenoxy) is 1. The number of carbonyl (C=O) groups is 2. The molecule has 1 aromatic carbocycles. The number of halogens is 1. The highest BCUT2D eigenvalue weighted by atomic mass is 19.1. The number of nitrogens with zero attached hydrogens (tertiary/aromatic N) is 1. The van der Waals surface area contributed by atoms with Crippen LogP contribution in [0.15, 0.2) is 42.7 Å². The lowest BCUT2D eigenvalue weighted by Gasteiger charge is -2.25. The zero-order chi connectivity index (χ0) is 19.2. The Bertz CT molecular complexity index is 813. The number of carboxylic acid groups (broad SMARTS) is 1. The molecule has 6 nitrogen and oxygen atoms in total. The van der Waals surface area contributed by atoms with Gasteiger partial charge in [-0.25, -0.2) is 4.39 Å². The van der Waals surface area contributed by atoms with Gasteiger partial charge in [-0.1, -0.05) is 12.5 Å². The van der Waals surface area contributed by atoms with Crippen molar-refractivity contribution < 1.29 is 23.8 Å². The number of aliphatic carboxylic acids is 1. The summed E-state index contributed by atoms with van der Waals surface area (Å²) < 4.78 is 19.7.